The predicted octanol–water partition coefficient (Wildman–Crippen LogP) is 1.90. The molecule has 3 atom stereocenters. The van der Waals surface area contributed by atoms with Crippen molar-refractivity contribution in [3.05, 3.63) is 0 Å². The van der Waals surface area contributed by atoms with Gasteiger partial charge in [-0.25, -0.2) is 0 Å². The van der Waals surface area contributed by atoms with Crippen LogP contribution >= 0.6 is 0 Å². The van der Waals surface area contributed by atoms with E-state index < -0.39 is 0 Å². The van der Waals surface area contributed by atoms with Crippen molar-refractivity contribution in [2.45, 2.75) is 27.2 Å². The van der Waals surface area contributed by atoms with E-state index in [1.165, 1.54) is 6.42 Å². The molecule has 1 aliphatic carbocycles. The Kier molecular flexibility index (Phi) is 2.39. The minimum atomic E-state index is 0.494. The SMILES string of the molecule is CNCC1C(C)(C)C1(C)C1CCOC1. The van der Waals surface area contributed by atoms with E-state index in [4.69, 9.17) is 4.74 Å². The fraction of sp³-hybridized carbons (Fsp3) is 1.00. The van der Waals surface area contributed by atoms with Gasteiger partial charge >= 0.3 is 0 Å². The molecule has 1 aliphatic heterocycles. The topological polar surface area (TPSA) is 21.3 Å². The number of rotatable bonds is 3. The highest BCUT2D eigenvalue weighted by Crippen LogP contribution is 2.72. The predicted molar refractivity (Wildman–Crippen MR) is 58.2 cm³/mol. The Morgan fingerprint density at radius 2 is 2.07 bits per heavy atom. The second kappa shape index (κ2) is 3.21. The molecule has 0 amide bonds. The Morgan fingerprint density at radius 1 is 1.36 bits per heavy atom. The van der Waals surface area contributed by atoms with Gasteiger partial charge in [0.2, 0.25) is 0 Å². The lowest BCUT2D eigenvalue weighted by molar-refractivity contribution is 0.158. The summed E-state index contributed by atoms with van der Waals surface area (Å²) in [5.74, 6) is 1.61. The van der Waals surface area contributed by atoms with Gasteiger partial charge < -0.3 is 10.1 Å². The second-order valence-corrected chi connectivity index (χ2v) is 5.68. The molecule has 0 aromatic carbocycles. The third-order valence-corrected chi connectivity index (χ3v) is 5.09. The molecule has 0 radical (unpaired) electrons. The minimum absolute atomic E-state index is 0.494. The standard InChI is InChI=1S/C12H23NO/c1-11(2)10(7-13-4)12(11,3)9-5-6-14-8-9/h9-10,13H,5-8H2,1-4H3. The Morgan fingerprint density at radius 3 is 2.57 bits per heavy atom. The van der Waals surface area contributed by atoms with Crippen molar-refractivity contribution in [3.63, 3.8) is 0 Å². The molecule has 2 nitrogen and oxygen atoms in total. The maximum Gasteiger partial charge on any atom is 0.0500 e. The van der Waals surface area contributed by atoms with Crippen LogP contribution in [0, 0.1) is 22.7 Å². The lowest BCUT2D eigenvalue weighted by Crippen LogP contribution is -2.21. The molecule has 2 heteroatoms. The summed E-state index contributed by atoms with van der Waals surface area (Å²) < 4.78 is 5.52. The van der Waals surface area contributed by atoms with Gasteiger partial charge in [0.25, 0.3) is 0 Å². The molecule has 1 heterocycles. The Labute approximate surface area is 87.4 Å². The van der Waals surface area contributed by atoms with E-state index in [-0.39, 0.29) is 0 Å². The number of hydrogen-bond acceptors (Lipinski definition) is 2. The minimum Gasteiger partial charge on any atom is -0.381 e. The summed E-state index contributed by atoms with van der Waals surface area (Å²) in [6.07, 6.45) is 1.26. The number of nitrogens with one attached hydrogen (secondary N) is 1. The first-order chi connectivity index (χ1) is 6.55. The van der Waals surface area contributed by atoms with Crippen LogP contribution in [0.2, 0.25) is 0 Å². The van der Waals surface area contributed by atoms with Crippen molar-refractivity contribution in [2.75, 3.05) is 26.8 Å². The van der Waals surface area contributed by atoms with E-state index in [1.807, 2.05) is 0 Å². The van der Waals surface area contributed by atoms with Crippen LogP contribution in [0.1, 0.15) is 27.2 Å². The van der Waals surface area contributed by atoms with Crippen LogP contribution in [0.5, 0.6) is 0 Å². The Hall–Kier alpha value is -0.0800. The first-order valence-corrected chi connectivity index (χ1v) is 5.77. The van der Waals surface area contributed by atoms with E-state index in [2.05, 4.69) is 33.1 Å². The number of hydrogen-bond donors (Lipinski definition) is 1. The monoisotopic (exact) mass is 197 g/mol. The van der Waals surface area contributed by atoms with Gasteiger partial charge in [-0.1, -0.05) is 20.8 Å². The van der Waals surface area contributed by atoms with Crippen molar-refractivity contribution >= 4 is 0 Å². The van der Waals surface area contributed by atoms with Gasteiger partial charge in [-0.3, -0.25) is 0 Å². The molecule has 2 rings (SSSR count). The molecule has 14 heavy (non-hydrogen) atoms. The summed E-state index contributed by atoms with van der Waals surface area (Å²) >= 11 is 0. The highest BCUT2D eigenvalue weighted by Gasteiger charge is 2.70. The normalized spacial score (nSPS) is 45.4. The van der Waals surface area contributed by atoms with Gasteiger partial charge in [-0.05, 0) is 42.7 Å². The van der Waals surface area contributed by atoms with Crippen LogP contribution in [0.25, 0.3) is 0 Å². The van der Waals surface area contributed by atoms with Crippen LogP contribution in [-0.4, -0.2) is 26.8 Å². The van der Waals surface area contributed by atoms with E-state index in [1.54, 1.807) is 0 Å². The maximum atomic E-state index is 5.52. The lowest BCUT2D eigenvalue weighted by atomic mass is 9.83. The Balaban J connectivity index is 2.08. The van der Waals surface area contributed by atoms with Gasteiger partial charge in [-0.15, -0.1) is 0 Å². The van der Waals surface area contributed by atoms with Crippen LogP contribution < -0.4 is 5.32 Å². The van der Waals surface area contributed by atoms with Gasteiger partial charge in [0.1, 0.15) is 0 Å². The average molecular weight is 197 g/mol. The summed E-state index contributed by atoms with van der Waals surface area (Å²) in [7, 11) is 2.06. The zero-order chi connectivity index (χ0) is 10.4. The third kappa shape index (κ3) is 1.17. The van der Waals surface area contributed by atoms with E-state index in [9.17, 15) is 0 Å². The van der Waals surface area contributed by atoms with Gasteiger partial charge in [0.15, 0.2) is 0 Å². The third-order valence-electron chi connectivity index (χ3n) is 5.09. The quantitative estimate of drug-likeness (QED) is 0.746. The zero-order valence-corrected chi connectivity index (χ0v) is 9.89. The van der Waals surface area contributed by atoms with Gasteiger partial charge in [0.05, 0.1) is 6.61 Å². The van der Waals surface area contributed by atoms with E-state index in [0.717, 1.165) is 31.6 Å². The molecule has 0 spiro atoms. The van der Waals surface area contributed by atoms with Crippen LogP contribution in [-0.2, 0) is 4.74 Å². The molecule has 2 aliphatic rings. The smallest absolute Gasteiger partial charge is 0.0500 e. The molecule has 1 saturated heterocycles. The maximum absolute atomic E-state index is 5.52. The molecule has 82 valence electrons. The highest BCUT2D eigenvalue weighted by atomic mass is 16.5. The zero-order valence-electron chi connectivity index (χ0n) is 9.89. The number of ether oxygens (including phenoxy) is 1. The van der Waals surface area contributed by atoms with Crippen LogP contribution in [0.15, 0.2) is 0 Å². The Bertz CT molecular complexity index is 220. The van der Waals surface area contributed by atoms with Crippen molar-refractivity contribution < 1.29 is 4.74 Å². The van der Waals surface area contributed by atoms with Crippen LogP contribution in [0.4, 0.5) is 0 Å². The van der Waals surface area contributed by atoms with Crippen molar-refractivity contribution in [3.8, 4) is 0 Å². The van der Waals surface area contributed by atoms with Crippen molar-refractivity contribution in [2.24, 2.45) is 22.7 Å². The molecular weight excluding hydrogens is 174 g/mol. The largest absolute Gasteiger partial charge is 0.381 e. The van der Waals surface area contributed by atoms with Crippen molar-refractivity contribution in [1.82, 2.24) is 5.32 Å². The van der Waals surface area contributed by atoms with Gasteiger partial charge in [0, 0.05) is 6.61 Å². The van der Waals surface area contributed by atoms with E-state index in [0.29, 0.717) is 10.8 Å². The second-order valence-electron chi connectivity index (χ2n) is 5.68. The first-order valence-electron chi connectivity index (χ1n) is 5.77. The van der Waals surface area contributed by atoms with Gasteiger partial charge in [-0.2, -0.15) is 0 Å². The summed E-state index contributed by atoms with van der Waals surface area (Å²) in [5.41, 5.74) is 1.00. The van der Waals surface area contributed by atoms with E-state index >= 15 is 0 Å². The fourth-order valence-corrected chi connectivity index (χ4v) is 3.63. The fourth-order valence-electron chi connectivity index (χ4n) is 3.63. The molecule has 1 N–H and O–H groups in total. The molecule has 2 fully saturated rings. The summed E-state index contributed by atoms with van der Waals surface area (Å²) in [5, 5.41) is 3.32. The molecule has 0 aromatic rings. The molecule has 0 bridgehead atoms. The lowest BCUT2D eigenvalue weighted by Gasteiger charge is -2.21. The summed E-state index contributed by atoms with van der Waals surface area (Å²) in [6, 6.07) is 0. The first kappa shape index (κ1) is 10.4. The summed E-state index contributed by atoms with van der Waals surface area (Å²) in [4.78, 5) is 0. The van der Waals surface area contributed by atoms with Crippen molar-refractivity contribution in [1.29, 1.82) is 0 Å². The summed E-state index contributed by atoms with van der Waals surface area (Å²) in [6.45, 7) is 10.4. The van der Waals surface area contributed by atoms with Crippen LogP contribution in [0.3, 0.4) is 0 Å². The highest BCUT2D eigenvalue weighted by molar-refractivity contribution is 5.18. The molecular formula is C12H23NO. The molecule has 3 unspecified atom stereocenters. The molecule has 1 saturated carbocycles. The molecule has 0 aromatic heterocycles. The average Bonchev–Trinajstić information content (AvgIpc) is 2.64.